The Morgan fingerprint density at radius 2 is 1.56 bits per heavy atom. The molecule has 0 unspecified atom stereocenters. The van der Waals surface area contributed by atoms with E-state index in [1.165, 1.54) is 37.1 Å². The number of hydrogen-bond donors (Lipinski definition) is 0. The molecule has 0 bridgehead atoms. The minimum Gasteiger partial charge on any atom is -0.331 e. The Morgan fingerprint density at radius 1 is 0.880 bits per heavy atom. The summed E-state index contributed by atoms with van der Waals surface area (Å²) in [5.74, 6) is 1.83. The molecule has 2 aromatic carbocycles. The second-order valence-electron chi connectivity index (χ2n) is 6.97. The zero-order chi connectivity index (χ0) is 16.9. The molecule has 128 valence electrons. The smallest absolute Gasteiger partial charge is 0.139 e. The summed E-state index contributed by atoms with van der Waals surface area (Å²) in [6, 6.07) is 21.3. The van der Waals surface area contributed by atoms with E-state index >= 15 is 0 Å². The lowest BCUT2D eigenvalue weighted by molar-refractivity contribution is 0.167. The van der Waals surface area contributed by atoms with E-state index in [1.807, 2.05) is 6.20 Å². The van der Waals surface area contributed by atoms with E-state index in [0.717, 1.165) is 24.8 Å². The van der Waals surface area contributed by atoms with Crippen LogP contribution in [-0.4, -0.2) is 27.5 Å². The van der Waals surface area contributed by atoms with Crippen LogP contribution in [0.5, 0.6) is 0 Å². The normalized spacial score (nSPS) is 16.2. The van der Waals surface area contributed by atoms with E-state index in [-0.39, 0.29) is 0 Å². The largest absolute Gasteiger partial charge is 0.331 e. The minimum atomic E-state index is 0.740. The van der Waals surface area contributed by atoms with Crippen molar-refractivity contribution in [3.05, 3.63) is 78.6 Å². The molecule has 0 N–H and O–H groups in total. The van der Waals surface area contributed by atoms with Gasteiger partial charge >= 0.3 is 0 Å². The molecule has 25 heavy (non-hydrogen) atoms. The van der Waals surface area contributed by atoms with Crippen LogP contribution in [-0.2, 0) is 13.1 Å². The quantitative estimate of drug-likeness (QED) is 0.688. The molecular weight excluding hydrogens is 306 g/mol. The molecule has 4 rings (SSSR count). The van der Waals surface area contributed by atoms with Gasteiger partial charge in [0.15, 0.2) is 0 Å². The van der Waals surface area contributed by atoms with Gasteiger partial charge in [-0.2, -0.15) is 0 Å². The summed E-state index contributed by atoms with van der Waals surface area (Å²) in [6.45, 7) is 4.53. The molecule has 3 heteroatoms. The monoisotopic (exact) mass is 331 g/mol. The van der Waals surface area contributed by atoms with Crippen LogP contribution in [0.3, 0.4) is 0 Å². The van der Waals surface area contributed by atoms with Crippen LogP contribution in [0.4, 0.5) is 0 Å². The predicted octanol–water partition coefficient (Wildman–Crippen LogP) is 4.46. The van der Waals surface area contributed by atoms with Crippen LogP contribution in [0.25, 0.3) is 11.4 Å². The summed E-state index contributed by atoms with van der Waals surface area (Å²) in [6.07, 6.45) is 6.57. The molecule has 0 atom stereocenters. The van der Waals surface area contributed by atoms with Crippen LogP contribution < -0.4 is 0 Å². The Kier molecular flexibility index (Phi) is 4.93. The van der Waals surface area contributed by atoms with E-state index in [4.69, 9.17) is 0 Å². The molecule has 0 amide bonds. The number of imidazole rings is 1. The summed E-state index contributed by atoms with van der Waals surface area (Å²) >= 11 is 0. The number of benzene rings is 2. The SMILES string of the molecule is c1ccc(CN2CCC(Cn3ccnc3-c3ccccc3)CC2)cc1. The van der Waals surface area contributed by atoms with Gasteiger partial charge in [0, 0.05) is 31.0 Å². The predicted molar refractivity (Wildman–Crippen MR) is 102 cm³/mol. The van der Waals surface area contributed by atoms with Gasteiger partial charge < -0.3 is 4.57 Å². The molecule has 1 fully saturated rings. The Bertz CT molecular complexity index is 771. The third-order valence-corrected chi connectivity index (χ3v) is 5.16. The fraction of sp³-hybridized carbons (Fsp3) is 0.318. The van der Waals surface area contributed by atoms with E-state index in [0.29, 0.717) is 0 Å². The van der Waals surface area contributed by atoms with Gasteiger partial charge in [-0.1, -0.05) is 60.7 Å². The van der Waals surface area contributed by atoms with Crippen molar-refractivity contribution >= 4 is 0 Å². The second-order valence-corrected chi connectivity index (χ2v) is 6.97. The molecule has 0 aliphatic carbocycles. The zero-order valence-electron chi connectivity index (χ0n) is 14.6. The summed E-state index contributed by atoms with van der Waals surface area (Å²) in [5, 5.41) is 0. The van der Waals surface area contributed by atoms with Gasteiger partial charge in [-0.05, 0) is 37.4 Å². The lowest BCUT2D eigenvalue weighted by Crippen LogP contribution is -2.34. The lowest BCUT2D eigenvalue weighted by atomic mass is 9.96. The van der Waals surface area contributed by atoms with Crippen molar-refractivity contribution in [1.29, 1.82) is 0 Å². The molecule has 1 aliphatic rings. The molecule has 0 saturated carbocycles. The summed E-state index contributed by atoms with van der Waals surface area (Å²) < 4.78 is 2.33. The highest BCUT2D eigenvalue weighted by Gasteiger charge is 2.20. The number of aromatic nitrogens is 2. The van der Waals surface area contributed by atoms with Crippen molar-refractivity contribution < 1.29 is 0 Å². The maximum Gasteiger partial charge on any atom is 0.139 e. The van der Waals surface area contributed by atoms with E-state index in [9.17, 15) is 0 Å². The first kappa shape index (κ1) is 16.1. The van der Waals surface area contributed by atoms with Gasteiger partial charge in [-0.25, -0.2) is 4.98 Å². The number of piperidine rings is 1. The highest BCUT2D eigenvalue weighted by Crippen LogP contribution is 2.24. The van der Waals surface area contributed by atoms with E-state index in [2.05, 4.69) is 81.3 Å². The molecule has 1 aliphatic heterocycles. The Balaban J connectivity index is 1.34. The van der Waals surface area contributed by atoms with Gasteiger partial charge in [0.05, 0.1) is 0 Å². The van der Waals surface area contributed by atoms with Crippen LogP contribution in [0, 0.1) is 5.92 Å². The third kappa shape index (κ3) is 3.99. The molecule has 3 aromatic rings. The fourth-order valence-electron chi connectivity index (χ4n) is 3.75. The van der Waals surface area contributed by atoms with Crippen molar-refractivity contribution in [2.24, 2.45) is 5.92 Å². The average Bonchev–Trinajstić information content (AvgIpc) is 3.13. The summed E-state index contributed by atoms with van der Waals surface area (Å²) in [5.41, 5.74) is 2.62. The Labute approximate surface area is 149 Å². The highest BCUT2D eigenvalue weighted by atomic mass is 15.1. The lowest BCUT2D eigenvalue weighted by Gasteiger charge is -2.32. The summed E-state index contributed by atoms with van der Waals surface area (Å²) in [7, 11) is 0. The first-order valence-electron chi connectivity index (χ1n) is 9.21. The minimum absolute atomic E-state index is 0.740. The van der Waals surface area contributed by atoms with E-state index < -0.39 is 0 Å². The maximum absolute atomic E-state index is 4.58. The van der Waals surface area contributed by atoms with Crippen molar-refractivity contribution in [2.45, 2.75) is 25.9 Å². The molecule has 0 spiro atoms. The molecule has 0 radical (unpaired) electrons. The zero-order valence-corrected chi connectivity index (χ0v) is 14.6. The molecule has 1 aromatic heterocycles. The van der Waals surface area contributed by atoms with E-state index in [1.54, 1.807) is 0 Å². The van der Waals surface area contributed by atoms with Crippen LogP contribution >= 0.6 is 0 Å². The van der Waals surface area contributed by atoms with Crippen LogP contribution in [0.15, 0.2) is 73.1 Å². The first-order valence-corrected chi connectivity index (χ1v) is 9.21. The van der Waals surface area contributed by atoms with Gasteiger partial charge in [-0.3, -0.25) is 4.90 Å². The van der Waals surface area contributed by atoms with Crippen molar-refractivity contribution in [3.8, 4) is 11.4 Å². The molecule has 3 nitrogen and oxygen atoms in total. The third-order valence-electron chi connectivity index (χ3n) is 5.16. The number of nitrogens with zero attached hydrogens (tertiary/aromatic N) is 3. The average molecular weight is 331 g/mol. The molecule has 1 saturated heterocycles. The highest BCUT2D eigenvalue weighted by molar-refractivity contribution is 5.55. The number of likely N-dealkylation sites (tertiary alicyclic amines) is 1. The summed E-state index contributed by atoms with van der Waals surface area (Å²) in [4.78, 5) is 7.16. The molecular formula is C22H25N3. The standard InChI is InChI=1S/C22H25N3/c1-3-7-19(8-4-1)17-24-14-11-20(12-15-24)18-25-16-13-23-22(25)21-9-5-2-6-10-21/h1-10,13,16,20H,11-12,14-15,17-18H2. The molecule has 2 heterocycles. The fourth-order valence-corrected chi connectivity index (χ4v) is 3.75. The van der Waals surface area contributed by atoms with Crippen LogP contribution in [0.1, 0.15) is 18.4 Å². The second kappa shape index (κ2) is 7.66. The van der Waals surface area contributed by atoms with Gasteiger partial charge in [0.25, 0.3) is 0 Å². The van der Waals surface area contributed by atoms with Gasteiger partial charge in [0.2, 0.25) is 0 Å². The van der Waals surface area contributed by atoms with Gasteiger partial charge in [0.1, 0.15) is 5.82 Å². The maximum atomic E-state index is 4.58. The first-order chi connectivity index (χ1) is 12.4. The Hall–Kier alpha value is -2.39. The number of rotatable bonds is 5. The van der Waals surface area contributed by atoms with Gasteiger partial charge in [-0.15, -0.1) is 0 Å². The van der Waals surface area contributed by atoms with Crippen LogP contribution in [0.2, 0.25) is 0 Å². The Morgan fingerprint density at radius 3 is 2.28 bits per heavy atom. The number of hydrogen-bond acceptors (Lipinski definition) is 2. The van der Waals surface area contributed by atoms with Crippen molar-refractivity contribution in [3.63, 3.8) is 0 Å². The van der Waals surface area contributed by atoms with Crippen molar-refractivity contribution in [1.82, 2.24) is 14.5 Å². The van der Waals surface area contributed by atoms with Crippen molar-refractivity contribution in [2.75, 3.05) is 13.1 Å². The topological polar surface area (TPSA) is 21.1 Å².